The van der Waals surface area contributed by atoms with Crippen LogP contribution in [0.2, 0.25) is 0 Å². The van der Waals surface area contributed by atoms with Crippen LogP contribution in [0.25, 0.3) is 0 Å². The summed E-state index contributed by atoms with van der Waals surface area (Å²) in [7, 11) is 0. The topological polar surface area (TPSA) is 23.5 Å². The fraction of sp³-hybridized carbons (Fsp3) is 1.00. The van der Waals surface area contributed by atoms with Crippen LogP contribution in [0.5, 0.6) is 0 Å². The molecule has 2 fully saturated rings. The Balaban J connectivity index is 2.05. The second-order valence-corrected chi connectivity index (χ2v) is 6.81. The fourth-order valence-electron chi connectivity index (χ4n) is 3.87. The number of hydrogen-bond donors (Lipinski definition) is 1. The summed E-state index contributed by atoms with van der Waals surface area (Å²) in [5.41, 5.74) is 0.413. The third-order valence-corrected chi connectivity index (χ3v) is 4.91. The number of rotatable bonds is 3. The molecule has 0 spiro atoms. The first-order chi connectivity index (χ1) is 8.03. The molecule has 2 rings (SSSR count). The second kappa shape index (κ2) is 5.27. The molecule has 2 saturated carbocycles. The minimum atomic E-state index is -0.0939. The first-order valence-corrected chi connectivity index (χ1v) is 7.47. The van der Waals surface area contributed by atoms with Crippen molar-refractivity contribution in [2.24, 2.45) is 5.41 Å². The lowest BCUT2D eigenvalue weighted by Crippen LogP contribution is -2.52. The Morgan fingerprint density at radius 2 is 1.82 bits per heavy atom. The molecule has 2 heteroatoms. The van der Waals surface area contributed by atoms with Gasteiger partial charge < -0.3 is 5.11 Å². The van der Waals surface area contributed by atoms with Gasteiger partial charge in [0, 0.05) is 12.1 Å². The molecule has 0 saturated heterocycles. The summed E-state index contributed by atoms with van der Waals surface area (Å²) >= 11 is 0. The Morgan fingerprint density at radius 3 is 2.41 bits per heavy atom. The zero-order valence-corrected chi connectivity index (χ0v) is 11.8. The summed E-state index contributed by atoms with van der Waals surface area (Å²) in [4.78, 5) is 2.61. The lowest BCUT2D eigenvalue weighted by Gasteiger charge is -2.46. The number of aliphatic hydroxyl groups excluding tert-OH is 1. The highest BCUT2D eigenvalue weighted by Gasteiger charge is 2.39. The average molecular weight is 239 g/mol. The fourth-order valence-corrected chi connectivity index (χ4v) is 3.87. The molecule has 0 radical (unpaired) electrons. The molecular weight excluding hydrogens is 210 g/mol. The Hall–Kier alpha value is -0.0800. The predicted molar refractivity (Wildman–Crippen MR) is 72.1 cm³/mol. The maximum absolute atomic E-state index is 10.3. The molecule has 2 aliphatic rings. The number of nitrogens with zero attached hydrogens (tertiary/aromatic N) is 1. The van der Waals surface area contributed by atoms with Gasteiger partial charge in [-0.3, -0.25) is 4.90 Å². The maximum Gasteiger partial charge on any atom is 0.0695 e. The summed E-state index contributed by atoms with van der Waals surface area (Å²) in [6.45, 7) is 8.07. The van der Waals surface area contributed by atoms with Crippen LogP contribution in [0.3, 0.4) is 0 Å². The van der Waals surface area contributed by atoms with Gasteiger partial charge in [0.15, 0.2) is 0 Å². The molecule has 0 aromatic heterocycles. The van der Waals surface area contributed by atoms with E-state index >= 15 is 0 Å². The van der Waals surface area contributed by atoms with Crippen LogP contribution in [-0.4, -0.2) is 34.7 Å². The van der Waals surface area contributed by atoms with E-state index in [0.29, 0.717) is 11.5 Å². The number of aliphatic hydroxyl groups is 1. The largest absolute Gasteiger partial charge is 0.391 e. The first kappa shape index (κ1) is 13.4. The standard InChI is InChI=1S/C15H29NO/c1-4-16(12-7-5-6-8-12)13-11-15(2,3)10-9-14(13)17/h12-14,17H,4-11H2,1-3H3. The molecule has 2 unspecified atom stereocenters. The average Bonchev–Trinajstić information content (AvgIpc) is 2.78. The van der Waals surface area contributed by atoms with Gasteiger partial charge >= 0.3 is 0 Å². The zero-order chi connectivity index (χ0) is 12.5. The van der Waals surface area contributed by atoms with Crippen molar-refractivity contribution >= 4 is 0 Å². The molecule has 0 heterocycles. The minimum Gasteiger partial charge on any atom is -0.391 e. The third kappa shape index (κ3) is 3.03. The highest BCUT2D eigenvalue weighted by atomic mass is 16.3. The molecule has 2 atom stereocenters. The molecule has 100 valence electrons. The molecule has 0 amide bonds. The van der Waals surface area contributed by atoms with Crippen molar-refractivity contribution in [2.45, 2.75) is 83.9 Å². The van der Waals surface area contributed by atoms with E-state index in [1.165, 1.54) is 38.5 Å². The second-order valence-electron chi connectivity index (χ2n) is 6.81. The monoisotopic (exact) mass is 239 g/mol. The zero-order valence-electron chi connectivity index (χ0n) is 11.8. The Bertz CT molecular complexity index is 245. The lowest BCUT2D eigenvalue weighted by molar-refractivity contribution is -0.0313. The molecule has 1 N–H and O–H groups in total. The van der Waals surface area contributed by atoms with Crippen LogP contribution in [0.15, 0.2) is 0 Å². The summed E-state index contributed by atoms with van der Waals surface area (Å²) < 4.78 is 0. The summed E-state index contributed by atoms with van der Waals surface area (Å²) in [5.74, 6) is 0. The van der Waals surface area contributed by atoms with Gasteiger partial charge in [0.25, 0.3) is 0 Å². The Kier molecular flexibility index (Phi) is 4.14. The lowest BCUT2D eigenvalue weighted by atomic mass is 9.73. The van der Waals surface area contributed by atoms with Crippen molar-refractivity contribution in [3.05, 3.63) is 0 Å². The van der Waals surface area contributed by atoms with Crippen LogP contribution in [0.1, 0.15) is 65.7 Å². The van der Waals surface area contributed by atoms with E-state index in [1.54, 1.807) is 0 Å². The normalized spacial score (nSPS) is 34.4. The van der Waals surface area contributed by atoms with Gasteiger partial charge in [-0.05, 0) is 44.1 Å². The van der Waals surface area contributed by atoms with Crippen molar-refractivity contribution in [3.8, 4) is 0 Å². The summed E-state index contributed by atoms with van der Waals surface area (Å²) in [6.07, 6.45) is 8.69. The molecular formula is C15H29NO. The smallest absolute Gasteiger partial charge is 0.0695 e. The minimum absolute atomic E-state index is 0.0939. The highest BCUT2D eigenvalue weighted by Crippen LogP contribution is 2.39. The first-order valence-electron chi connectivity index (χ1n) is 7.47. The van der Waals surface area contributed by atoms with Gasteiger partial charge in [0.05, 0.1) is 6.10 Å². The number of hydrogen-bond acceptors (Lipinski definition) is 2. The molecule has 2 aliphatic carbocycles. The Labute approximate surface area is 106 Å². The van der Waals surface area contributed by atoms with E-state index in [1.807, 2.05) is 0 Å². The maximum atomic E-state index is 10.3. The van der Waals surface area contributed by atoms with Crippen LogP contribution in [0.4, 0.5) is 0 Å². The highest BCUT2D eigenvalue weighted by molar-refractivity contribution is 4.93. The van der Waals surface area contributed by atoms with Gasteiger partial charge in [0.2, 0.25) is 0 Å². The van der Waals surface area contributed by atoms with Crippen molar-refractivity contribution in [2.75, 3.05) is 6.54 Å². The van der Waals surface area contributed by atoms with E-state index in [9.17, 15) is 5.11 Å². The van der Waals surface area contributed by atoms with Gasteiger partial charge in [-0.25, -0.2) is 0 Å². The summed E-state index contributed by atoms with van der Waals surface area (Å²) in [6, 6.07) is 1.15. The van der Waals surface area contributed by atoms with Crippen molar-refractivity contribution in [1.29, 1.82) is 0 Å². The van der Waals surface area contributed by atoms with Crippen molar-refractivity contribution in [1.82, 2.24) is 4.90 Å². The Morgan fingerprint density at radius 1 is 1.18 bits per heavy atom. The molecule has 0 aromatic carbocycles. The van der Waals surface area contributed by atoms with Crippen LogP contribution < -0.4 is 0 Å². The molecule has 2 nitrogen and oxygen atoms in total. The molecule has 0 bridgehead atoms. The molecule has 0 aliphatic heterocycles. The van der Waals surface area contributed by atoms with Crippen molar-refractivity contribution < 1.29 is 5.11 Å². The van der Waals surface area contributed by atoms with E-state index in [4.69, 9.17) is 0 Å². The van der Waals surface area contributed by atoms with Crippen molar-refractivity contribution in [3.63, 3.8) is 0 Å². The molecule has 0 aromatic rings. The van der Waals surface area contributed by atoms with Gasteiger partial charge in [-0.1, -0.05) is 33.6 Å². The van der Waals surface area contributed by atoms with E-state index in [0.717, 1.165) is 19.0 Å². The predicted octanol–water partition coefficient (Wildman–Crippen LogP) is 3.19. The quantitative estimate of drug-likeness (QED) is 0.817. The van der Waals surface area contributed by atoms with Crippen LogP contribution in [0, 0.1) is 5.41 Å². The van der Waals surface area contributed by atoms with Gasteiger partial charge in [0.1, 0.15) is 0 Å². The van der Waals surface area contributed by atoms with Gasteiger partial charge in [-0.15, -0.1) is 0 Å². The van der Waals surface area contributed by atoms with E-state index < -0.39 is 0 Å². The van der Waals surface area contributed by atoms with Crippen LogP contribution in [-0.2, 0) is 0 Å². The SMILES string of the molecule is CCN(C1CCCC1)C1CC(C)(C)CCC1O. The van der Waals surface area contributed by atoms with Gasteiger partial charge in [-0.2, -0.15) is 0 Å². The third-order valence-electron chi connectivity index (χ3n) is 4.91. The van der Waals surface area contributed by atoms with E-state index in [2.05, 4.69) is 25.7 Å². The summed E-state index contributed by atoms with van der Waals surface area (Å²) in [5, 5.41) is 10.3. The van der Waals surface area contributed by atoms with E-state index in [-0.39, 0.29) is 6.10 Å². The number of likely N-dealkylation sites (N-methyl/N-ethyl adjacent to an activating group) is 1. The molecule has 17 heavy (non-hydrogen) atoms. The van der Waals surface area contributed by atoms with Crippen LogP contribution >= 0.6 is 0 Å².